The summed E-state index contributed by atoms with van der Waals surface area (Å²) in [6, 6.07) is 20.2. The largest absolute Gasteiger partial charge is 0.438 e. The van der Waals surface area contributed by atoms with Crippen molar-refractivity contribution >= 4 is 28.4 Å². The SMILES string of the molecule is CNc1nccc(-c2cccnc2Oc2ccc(NC(=O)c3ccc4ncccc4c3)cc2C)n1. The summed E-state index contributed by atoms with van der Waals surface area (Å²) in [7, 11) is 1.76. The van der Waals surface area contributed by atoms with E-state index in [-0.39, 0.29) is 5.91 Å². The lowest BCUT2D eigenvalue weighted by Crippen LogP contribution is -2.12. The lowest BCUT2D eigenvalue weighted by Gasteiger charge is -2.13. The van der Waals surface area contributed by atoms with Gasteiger partial charge in [-0.2, -0.15) is 0 Å². The van der Waals surface area contributed by atoms with Crippen molar-refractivity contribution in [2.75, 3.05) is 17.7 Å². The second-order valence-corrected chi connectivity index (χ2v) is 7.82. The number of carbonyl (C=O) groups is 1. The van der Waals surface area contributed by atoms with Crippen molar-refractivity contribution < 1.29 is 9.53 Å². The van der Waals surface area contributed by atoms with Gasteiger partial charge in [0.05, 0.1) is 16.8 Å². The van der Waals surface area contributed by atoms with Gasteiger partial charge in [-0.3, -0.25) is 9.78 Å². The topological polar surface area (TPSA) is 102 Å². The van der Waals surface area contributed by atoms with E-state index in [2.05, 4.69) is 30.6 Å². The number of amides is 1. The zero-order valence-corrected chi connectivity index (χ0v) is 19.2. The maximum absolute atomic E-state index is 12.8. The molecule has 8 nitrogen and oxygen atoms in total. The van der Waals surface area contributed by atoms with Gasteiger partial charge in [-0.1, -0.05) is 6.07 Å². The van der Waals surface area contributed by atoms with Gasteiger partial charge in [0.2, 0.25) is 11.8 Å². The molecule has 2 aromatic carbocycles. The summed E-state index contributed by atoms with van der Waals surface area (Å²) in [5.74, 6) is 1.37. The van der Waals surface area contributed by atoms with E-state index in [0.717, 1.165) is 22.0 Å². The Morgan fingerprint density at radius 3 is 2.60 bits per heavy atom. The van der Waals surface area contributed by atoms with Crippen LogP contribution in [0.15, 0.2) is 85.3 Å². The van der Waals surface area contributed by atoms with Crippen molar-refractivity contribution in [1.29, 1.82) is 0 Å². The maximum atomic E-state index is 12.8. The number of hydrogen-bond acceptors (Lipinski definition) is 7. The number of aromatic nitrogens is 4. The monoisotopic (exact) mass is 462 g/mol. The number of anilines is 2. The third-order valence-corrected chi connectivity index (χ3v) is 5.43. The fraction of sp³-hybridized carbons (Fsp3) is 0.0741. The minimum atomic E-state index is -0.195. The van der Waals surface area contributed by atoms with Crippen LogP contribution in [0, 0.1) is 6.92 Å². The van der Waals surface area contributed by atoms with Gasteiger partial charge < -0.3 is 15.4 Å². The summed E-state index contributed by atoms with van der Waals surface area (Å²) in [6.45, 7) is 1.92. The third-order valence-electron chi connectivity index (χ3n) is 5.43. The molecule has 2 N–H and O–H groups in total. The summed E-state index contributed by atoms with van der Waals surface area (Å²) in [5, 5.41) is 6.80. The Bertz CT molecular complexity index is 1540. The fourth-order valence-corrected chi connectivity index (χ4v) is 3.66. The van der Waals surface area contributed by atoms with Gasteiger partial charge in [0.1, 0.15) is 5.75 Å². The molecule has 0 spiro atoms. The third kappa shape index (κ3) is 4.77. The molecule has 0 fully saturated rings. The molecule has 0 aliphatic heterocycles. The summed E-state index contributed by atoms with van der Waals surface area (Å²) < 4.78 is 6.15. The summed E-state index contributed by atoms with van der Waals surface area (Å²) >= 11 is 0. The van der Waals surface area contributed by atoms with Crippen LogP contribution in [0.1, 0.15) is 15.9 Å². The first-order chi connectivity index (χ1) is 17.1. The van der Waals surface area contributed by atoms with E-state index >= 15 is 0 Å². The molecule has 0 bridgehead atoms. The number of pyridine rings is 2. The Labute approximate surface area is 202 Å². The molecule has 0 radical (unpaired) electrons. The normalized spacial score (nSPS) is 10.7. The number of aryl methyl sites for hydroxylation is 1. The molecule has 3 heterocycles. The van der Waals surface area contributed by atoms with Crippen LogP contribution >= 0.6 is 0 Å². The number of fused-ring (bicyclic) bond motifs is 1. The molecule has 0 atom stereocenters. The van der Waals surface area contributed by atoms with Crippen LogP contribution in [0.4, 0.5) is 11.6 Å². The molecule has 0 saturated heterocycles. The zero-order valence-electron chi connectivity index (χ0n) is 19.2. The standard InChI is InChI=1S/C27H22N6O2/c1-17-15-20(32-25(34)19-7-9-22-18(16-19)5-3-12-29-22)8-10-24(17)35-26-21(6-4-13-30-26)23-11-14-31-27(28-2)33-23/h3-16H,1-2H3,(H,32,34)(H,28,31,33). The quantitative estimate of drug-likeness (QED) is 0.344. The molecule has 172 valence electrons. The first kappa shape index (κ1) is 22.0. The van der Waals surface area contributed by atoms with Crippen LogP contribution in [-0.2, 0) is 0 Å². The average molecular weight is 463 g/mol. The summed E-state index contributed by atoms with van der Waals surface area (Å²) in [4.78, 5) is 30.2. The Hall–Kier alpha value is -4.85. The average Bonchev–Trinajstić information content (AvgIpc) is 2.90. The highest BCUT2D eigenvalue weighted by Crippen LogP contribution is 2.33. The van der Waals surface area contributed by atoms with Crippen molar-refractivity contribution in [2.45, 2.75) is 6.92 Å². The second kappa shape index (κ2) is 9.56. The van der Waals surface area contributed by atoms with E-state index in [4.69, 9.17) is 4.74 Å². The second-order valence-electron chi connectivity index (χ2n) is 7.82. The van der Waals surface area contributed by atoms with E-state index in [1.165, 1.54) is 0 Å². The van der Waals surface area contributed by atoms with Gasteiger partial charge >= 0.3 is 0 Å². The Morgan fingerprint density at radius 1 is 0.886 bits per heavy atom. The van der Waals surface area contributed by atoms with E-state index < -0.39 is 0 Å². The molecular formula is C27H22N6O2. The van der Waals surface area contributed by atoms with Gasteiger partial charge in [0.25, 0.3) is 5.91 Å². The predicted molar refractivity (Wildman–Crippen MR) is 136 cm³/mol. The molecular weight excluding hydrogens is 440 g/mol. The lowest BCUT2D eigenvalue weighted by molar-refractivity contribution is 0.102. The fourth-order valence-electron chi connectivity index (χ4n) is 3.66. The van der Waals surface area contributed by atoms with Gasteiger partial charge in [0, 0.05) is 42.3 Å². The molecule has 8 heteroatoms. The van der Waals surface area contributed by atoms with Crippen LogP contribution < -0.4 is 15.4 Å². The Morgan fingerprint density at radius 2 is 1.74 bits per heavy atom. The number of rotatable bonds is 6. The summed E-state index contributed by atoms with van der Waals surface area (Å²) in [6.07, 6.45) is 5.08. The highest BCUT2D eigenvalue weighted by Gasteiger charge is 2.13. The van der Waals surface area contributed by atoms with Gasteiger partial charge in [-0.25, -0.2) is 15.0 Å². The van der Waals surface area contributed by atoms with E-state index in [1.807, 2.05) is 55.5 Å². The first-order valence-corrected chi connectivity index (χ1v) is 11.0. The van der Waals surface area contributed by atoms with Crippen molar-refractivity contribution in [3.8, 4) is 22.9 Å². The Balaban J connectivity index is 1.36. The minimum absolute atomic E-state index is 0.195. The number of ether oxygens (including phenoxy) is 1. The molecule has 5 rings (SSSR count). The predicted octanol–water partition coefficient (Wildman–Crippen LogP) is 5.48. The highest BCUT2D eigenvalue weighted by atomic mass is 16.5. The van der Waals surface area contributed by atoms with Crippen LogP contribution in [0.5, 0.6) is 11.6 Å². The number of benzene rings is 2. The summed E-state index contributed by atoms with van der Waals surface area (Å²) in [5.41, 5.74) is 4.36. The molecule has 3 aromatic heterocycles. The van der Waals surface area contributed by atoms with Gasteiger partial charge in [-0.05, 0) is 73.2 Å². The minimum Gasteiger partial charge on any atom is -0.438 e. The molecule has 0 aliphatic carbocycles. The zero-order chi connectivity index (χ0) is 24.2. The number of carbonyl (C=O) groups excluding carboxylic acids is 1. The lowest BCUT2D eigenvalue weighted by atomic mass is 10.1. The van der Waals surface area contributed by atoms with E-state index in [9.17, 15) is 4.79 Å². The molecule has 35 heavy (non-hydrogen) atoms. The number of nitrogens with one attached hydrogen (secondary N) is 2. The Kier molecular flexibility index (Phi) is 6.00. The molecule has 0 aliphatic rings. The van der Waals surface area contributed by atoms with Crippen LogP contribution in [0.3, 0.4) is 0 Å². The van der Waals surface area contributed by atoms with Crippen LogP contribution in [0.25, 0.3) is 22.2 Å². The van der Waals surface area contributed by atoms with Crippen molar-refractivity contribution in [2.24, 2.45) is 0 Å². The van der Waals surface area contributed by atoms with E-state index in [1.54, 1.807) is 43.8 Å². The first-order valence-electron chi connectivity index (χ1n) is 11.0. The smallest absolute Gasteiger partial charge is 0.255 e. The van der Waals surface area contributed by atoms with Gasteiger partial charge in [0.15, 0.2) is 0 Å². The van der Waals surface area contributed by atoms with Crippen LogP contribution in [-0.4, -0.2) is 32.9 Å². The number of hydrogen-bond donors (Lipinski definition) is 2. The van der Waals surface area contributed by atoms with Crippen molar-refractivity contribution in [3.63, 3.8) is 0 Å². The maximum Gasteiger partial charge on any atom is 0.255 e. The molecule has 1 amide bonds. The molecule has 0 unspecified atom stereocenters. The molecule has 0 saturated carbocycles. The number of nitrogens with zero attached hydrogens (tertiary/aromatic N) is 4. The highest BCUT2D eigenvalue weighted by molar-refractivity contribution is 6.06. The van der Waals surface area contributed by atoms with Crippen LogP contribution in [0.2, 0.25) is 0 Å². The van der Waals surface area contributed by atoms with Gasteiger partial charge in [-0.15, -0.1) is 0 Å². The molecule has 5 aromatic rings. The van der Waals surface area contributed by atoms with Crippen molar-refractivity contribution in [1.82, 2.24) is 19.9 Å². The van der Waals surface area contributed by atoms with E-state index in [0.29, 0.717) is 34.5 Å². The van der Waals surface area contributed by atoms with Crippen molar-refractivity contribution in [3.05, 3.63) is 96.4 Å².